The van der Waals surface area contributed by atoms with Gasteiger partial charge in [-0.25, -0.2) is 4.79 Å². The summed E-state index contributed by atoms with van der Waals surface area (Å²) in [5.74, 6) is -1.33. The highest BCUT2D eigenvalue weighted by atomic mass is 79.9. The first kappa shape index (κ1) is 17.1. The molecule has 7 heteroatoms. The van der Waals surface area contributed by atoms with Gasteiger partial charge in [-0.15, -0.1) is 0 Å². The Labute approximate surface area is 139 Å². The largest absolute Gasteiger partial charge is 0.454 e. The van der Waals surface area contributed by atoms with Crippen LogP contribution in [-0.2, 0) is 4.74 Å². The fourth-order valence-corrected chi connectivity index (χ4v) is 2.16. The zero-order valence-corrected chi connectivity index (χ0v) is 13.3. The van der Waals surface area contributed by atoms with Crippen LogP contribution in [0.3, 0.4) is 0 Å². The van der Waals surface area contributed by atoms with E-state index >= 15 is 0 Å². The molecule has 2 rings (SSSR count). The van der Waals surface area contributed by atoms with Crippen LogP contribution in [0.4, 0.5) is 8.78 Å². The number of hydrogen-bond donors (Lipinski definition) is 0. The summed E-state index contributed by atoms with van der Waals surface area (Å²) < 4.78 is 34.1. The van der Waals surface area contributed by atoms with Crippen molar-refractivity contribution in [1.82, 2.24) is 0 Å². The number of halogens is 3. The van der Waals surface area contributed by atoms with E-state index in [0.29, 0.717) is 5.56 Å². The van der Waals surface area contributed by atoms with Crippen molar-refractivity contribution >= 4 is 27.7 Å². The average molecular weight is 385 g/mol. The first-order chi connectivity index (χ1) is 11.0. The van der Waals surface area contributed by atoms with Crippen LogP contribution in [0.15, 0.2) is 53.0 Å². The number of benzene rings is 2. The van der Waals surface area contributed by atoms with E-state index in [0.717, 1.165) is 10.5 Å². The van der Waals surface area contributed by atoms with E-state index in [1.807, 2.05) is 0 Å². The van der Waals surface area contributed by atoms with Gasteiger partial charge in [0.1, 0.15) is 5.75 Å². The number of carbonyl (C=O) groups excluding carboxylic acids is 2. The second-order valence-corrected chi connectivity index (χ2v) is 5.33. The molecule has 0 unspecified atom stereocenters. The van der Waals surface area contributed by atoms with E-state index in [2.05, 4.69) is 20.7 Å². The van der Waals surface area contributed by atoms with Crippen molar-refractivity contribution < 1.29 is 27.8 Å². The highest BCUT2D eigenvalue weighted by Gasteiger charge is 2.13. The van der Waals surface area contributed by atoms with Gasteiger partial charge in [0, 0.05) is 10.0 Å². The highest BCUT2D eigenvalue weighted by molar-refractivity contribution is 9.10. The standard InChI is InChI=1S/C16H11BrF2O4/c17-12-5-1-3-10(7-12)14(20)9-22-15(21)11-4-2-6-13(8-11)23-16(18)19/h1-8,16H,9H2. The van der Waals surface area contributed by atoms with Crippen LogP contribution in [-0.4, -0.2) is 25.0 Å². The summed E-state index contributed by atoms with van der Waals surface area (Å²) in [6.45, 7) is -3.44. The van der Waals surface area contributed by atoms with Gasteiger partial charge >= 0.3 is 12.6 Å². The third-order valence-electron chi connectivity index (χ3n) is 2.78. The Balaban J connectivity index is 1.98. The maximum atomic E-state index is 12.1. The normalized spacial score (nSPS) is 10.4. The summed E-state index contributed by atoms with van der Waals surface area (Å²) in [4.78, 5) is 23.8. The van der Waals surface area contributed by atoms with Gasteiger partial charge in [0.2, 0.25) is 0 Å². The highest BCUT2D eigenvalue weighted by Crippen LogP contribution is 2.17. The van der Waals surface area contributed by atoms with Gasteiger partial charge in [-0.3, -0.25) is 4.79 Å². The molecule has 2 aromatic carbocycles. The third kappa shape index (κ3) is 5.14. The van der Waals surface area contributed by atoms with Crippen LogP contribution < -0.4 is 4.74 Å². The monoisotopic (exact) mass is 384 g/mol. The Kier molecular flexibility index (Phi) is 5.81. The van der Waals surface area contributed by atoms with Gasteiger partial charge < -0.3 is 9.47 Å². The van der Waals surface area contributed by atoms with Gasteiger partial charge in [0.05, 0.1) is 5.56 Å². The van der Waals surface area contributed by atoms with Crippen molar-refractivity contribution in [3.63, 3.8) is 0 Å². The Morgan fingerprint density at radius 2 is 1.74 bits per heavy atom. The molecule has 0 bridgehead atoms. The molecular formula is C16H11BrF2O4. The molecule has 0 heterocycles. The van der Waals surface area contributed by atoms with Crippen LogP contribution in [0, 0.1) is 0 Å². The number of esters is 1. The first-order valence-electron chi connectivity index (χ1n) is 6.46. The molecule has 0 fully saturated rings. The lowest BCUT2D eigenvalue weighted by molar-refractivity contribution is -0.0499. The van der Waals surface area contributed by atoms with Crippen LogP contribution in [0.25, 0.3) is 0 Å². The summed E-state index contributed by atoms with van der Waals surface area (Å²) in [6.07, 6.45) is 0. The fraction of sp³-hybridized carbons (Fsp3) is 0.125. The van der Waals surface area contributed by atoms with Gasteiger partial charge in [-0.2, -0.15) is 8.78 Å². The lowest BCUT2D eigenvalue weighted by Gasteiger charge is -2.07. The maximum Gasteiger partial charge on any atom is 0.387 e. The van der Waals surface area contributed by atoms with E-state index < -0.39 is 19.2 Å². The predicted octanol–water partition coefficient (Wildman–Crippen LogP) is 4.09. The Bertz CT molecular complexity index is 719. The molecular weight excluding hydrogens is 374 g/mol. The van der Waals surface area contributed by atoms with Crippen molar-refractivity contribution in [2.45, 2.75) is 6.61 Å². The van der Waals surface area contributed by atoms with Crippen molar-refractivity contribution in [3.8, 4) is 5.75 Å². The molecule has 0 amide bonds. The summed E-state index contributed by atoms with van der Waals surface area (Å²) in [6, 6.07) is 11.8. The van der Waals surface area contributed by atoms with Crippen LogP contribution >= 0.6 is 15.9 Å². The number of alkyl halides is 2. The second kappa shape index (κ2) is 7.82. The number of ether oxygens (including phenoxy) is 2. The molecule has 0 aliphatic heterocycles. The van der Waals surface area contributed by atoms with Crippen molar-refractivity contribution in [2.75, 3.05) is 6.61 Å². The van der Waals surface area contributed by atoms with E-state index in [1.165, 1.54) is 18.2 Å². The SMILES string of the molecule is O=C(COC(=O)c1cccc(OC(F)F)c1)c1cccc(Br)c1. The number of carbonyl (C=O) groups is 2. The summed E-state index contributed by atoms with van der Waals surface area (Å²) >= 11 is 3.24. The number of Topliss-reactive ketones (excluding diaryl/α,β-unsaturated/α-hetero) is 1. The summed E-state index contributed by atoms with van der Waals surface area (Å²) in [7, 11) is 0. The topological polar surface area (TPSA) is 52.6 Å². The van der Waals surface area contributed by atoms with Gasteiger partial charge in [-0.1, -0.05) is 34.1 Å². The maximum absolute atomic E-state index is 12.1. The molecule has 120 valence electrons. The first-order valence-corrected chi connectivity index (χ1v) is 7.26. The predicted molar refractivity (Wildman–Crippen MR) is 81.8 cm³/mol. The molecule has 0 saturated carbocycles. The van der Waals surface area contributed by atoms with Crippen molar-refractivity contribution in [2.24, 2.45) is 0 Å². The van der Waals surface area contributed by atoms with E-state index in [-0.39, 0.29) is 17.1 Å². The average Bonchev–Trinajstić information content (AvgIpc) is 2.52. The van der Waals surface area contributed by atoms with Crippen LogP contribution in [0.5, 0.6) is 5.75 Å². The molecule has 0 radical (unpaired) electrons. The molecule has 0 aromatic heterocycles. The minimum Gasteiger partial charge on any atom is -0.454 e. The third-order valence-corrected chi connectivity index (χ3v) is 3.27. The van der Waals surface area contributed by atoms with Crippen LogP contribution in [0.2, 0.25) is 0 Å². The molecule has 0 N–H and O–H groups in total. The van der Waals surface area contributed by atoms with Gasteiger partial charge in [0.25, 0.3) is 0 Å². The number of ketones is 1. The fourth-order valence-electron chi connectivity index (χ4n) is 1.76. The Morgan fingerprint density at radius 3 is 2.43 bits per heavy atom. The Morgan fingerprint density at radius 1 is 1.04 bits per heavy atom. The molecule has 23 heavy (non-hydrogen) atoms. The lowest BCUT2D eigenvalue weighted by Crippen LogP contribution is -2.14. The van der Waals surface area contributed by atoms with Crippen molar-refractivity contribution in [3.05, 3.63) is 64.1 Å². The number of rotatable bonds is 6. The molecule has 4 nitrogen and oxygen atoms in total. The quantitative estimate of drug-likeness (QED) is 0.555. The minimum absolute atomic E-state index is 0.0187. The lowest BCUT2D eigenvalue weighted by atomic mass is 10.1. The van der Waals surface area contributed by atoms with E-state index in [4.69, 9.17) is 4.74 Å². The van der Waals surface area contributed by atoms with E-state index in [1.54, 1.807) is 24.3 Å². The smallest absolute Gasteiger partial charge is 0.387 e. The molecule has 0 aliphatic carbocycles. The van der Waals surface area contributed by atoms with Crippen LogP contribution in [0.1, 0.15) is 20.7 Å². The molecule has 0 saturated heterocycles. The van der Waals surface area contributed by atoms with Gasteiger partial charge in [-0.05, 0) is 30.3 Å². The second-order valence-electron chi connectivity index (χ2n) is 4.42. The zero-order chi connectivity index (χ0) is 16.8. The minimum atomic E-state index is -2.99. The molecule has 0 spiro atoms. The summed E-state index contributed by atoms with van der Waals surface area (Å²) in [5, 5.41) is 0. The summed E-state index contributed by atoms with van der Waals surface area (Å²) in [5.41, 5.74) is 0.409. The molecule has 0 aliphatic rings. The molecule has 0 atom stereocenters. The van der Waals surface area contributed by atoms with Gasteiger partial charge in [0.15, 0.2) is 12.4 Å². The zero-order valence-electron chi connectivity index (χ0n) is 11.7. The Hall–Kier alpha value is -2.28. The molecule has 2 aromatic rings. The number of hydrogen-bond acceptors (Lipinski definition) is 4. The van der Waals surface area contributed by atoms with Crippen molar-refractivity contribution in [1.29, 1.82) is 0 Å². The van der Waals surface area contributed by atoms with E-state index in [9.17, 15) is 18.4 Å².